The van der Waals surface area contributed by atoms with E-state index in [1.807, 2.05) is 18.2 Å². The minimum Gasteiger partial charge on any atom is -0.340 e. The highest BCUT2D eigenvalue weighted by molar-refractivity contribution is 7.09. The minimum atomic E-state index is -0.0492. The fourth-order valence-electron chi connectivity index (χ4n) is 1.74. The Morgan fingerprint density at radius 3 is 2.74 bits per heavy atom. The van der Waals surface area contributed by atoms with Gasteiger partial charge in [0, 0.05) is 25.5 Å². The number of amides is 1. The van der Waals surface area contributed by atoms with Gasteiger partial charge in [-0.1, -0.05) is 30.3 Å². The number of carbonyl (C=O) groups excluding carboxylic acids is 1. The van der Waals surface area contributed by atoms with Crippen molar-refractivity contribution in [3.8, 4) is 0 Å². The van der Waals surface area contributed by atoms with Gasteiger partial charge in [-0.25, -0.2) is 4.98 Å². The van der Waals surface area contributed by atoms with E-state index in [0.29, 0.717) is 18.8 Å². The van der Waals surface area contributed by atoms with Crippen molar-refractivity contribution in [2.24, 2.45) is 5.73 Å². The molecule has 0 radical (unpaired) electrons. The Hall–Kier alpha value is -1.72. The Balaban J connectivity index is 1.92. The lowest BCUT2D eigenvalue weighted by atomic mass is 10.1. The van der Waals surface area contributed by atoms with Gasteiger partial charge in [0.15, 0.2) is 0 Å². The molecule has 0 spiro atoms. The van der Waals surface area contributed by atoms with Crippen LogP contribution in [0.2, 0.25) is 0 Å². The molecular weight excluding hydrogens is 258 g/mol. The summed E-state index contributed by atoms with van der Waals surface area (Å²) in [5, 5.41) is 2.56. The number of hydrogen-bond donors (Lipinski definition) is 1. The maximum absolute atomic E-state index is 12.1. The second-order valence-corrected chi connectivity index (χ2v) is 5.24. The van der Waals surface area contributed by atoms with Crippen LogP contribution in [0.1, 0.15) is 21.1 Å². The van der Waals surface area contributed by atoms with E-state index in [1.54, 1.807) is 17.3 Å². The molecule has 1 heterocycles. The average molecular weight is 275 g/mol. The second-order valence-electron chi connectivity index (χ2n) is 4.29. The Labute approximate surface area is 116 Å². The third-order valence-electron chi connectivity index (χ3n) is 2.87. The summed E-state index contributed by atoms with van der Waals surface area (Å²) in [4.78, 5) is 18.0. The Morgan fingerprint density at radius 1 is 1.37 bits per heavy atom. The van der Waals surface area contributed by atoms with Gasteiger partial charge in [-0.2, -0.15) is 0 Å². The van der Waals surface area contributed by atoms with Gasteiger partial charge in [0.05, 0.1) is 0 Å². The summed E-state index contributed by atoms with van der Waals surface area (Å²) in [6.45, 7) is 1.06. The van der Waals surface area contributed by atoms with Crippen LogP contribution in [0, 0.1) is 0 Å². The van der Waals surface area contributed by atoms with Crippen molar-refractivity contribution >= 4 is 17.2 Å². The maximum Gasteiger partial charge on any atom is 0.273 e. The molecule has 0 unspecified atom stereocenters. The van der Waals surface area contributed by atoms with Gasteiger partial charge in [-0.3, -0.25) is 4.79 Å². The summed E-state index contributed by atoms with van der Waals surface area (Å²) in [5.41, 5.74) is 7.21. The lowest BCUT2D eigenvalue weighted by Gasteiger charge is -2.15. The molecule has 2 N–H and O–H groups in total. The van der Waals surface area contributed by atoms with Crippen LogP contribution in [0.5, 0.6) is 0 Å². The number of rotatable bonds is 5. The second kappa shape index (κ2) is 6.45. The highest BCUT2D eigenvalue weighted by atomic mass is 32.1. The molecular formula is C14H17N3OS. The van der Waals surface area contributed by atoms with Crippen LogP contribution in [0.25, 0.3) is 0 Å². The topological polar surface area (TPSA) is 59.2 Å². The van der Waals surface area contributed by atoms with Gasteiger partial charge in [0.2, 0.25) is 0 Å². The van der Waals surface area contributed by atoms with E-state index in [0.717, 1.165) is 11.4 Å². The number of nitrogens with zero attached hydrogens (tertiary/aromatic N) is 2. The van der Waals surface area contributed by atoms with E-state index >= 15 is 0 Å². The number of carbonyl (C=O) groups is 1. The predicted octanol–water partition coefficient (Wildman–Crippen LogP) is 1.92. The number of hydrogen-bond acceptors (Lipinski definition) is 4. The molecule has 0 fully saturated rings. The van der Waals surface area contributed by atoms with Crippen LogP contribution in [0.3, 0.4) is 0 Å². The average Bonchev–Trinajstić information content (AvgIpc) is 2.94. The fourth-order valence-corrected chi connectivity index (χ4v) is 2.39. The molecule has 0 aliphatic heterocycles. The highest BCUT2D eigenvalue weighted by Gasteiger charge is 2.14. The van der Waals surface area contributed by atoms with Crippen molar-refractivity contribution in [3.05, 3.63) is 52.0 Å². The molecule has 0 aliphatic rings. The normalized spacial score (nSPS) is 10.4. The summed E-state index contributed by atoms with van der Waals surface area (Å²) in [6, 6.07) is 10.1. The van der Waals surface area contributed by atoms with Crippen LogP contribution in [-0.2, 0) is 13.0 Å². The van der Waals surface area contributed by atoms with Crippen molar-refractivity contribution in [1.82, 2.24) is 9.88 Å². The predicted molar refractivity (Wildman–Crippen MR) is 77.1 cm³/mol. The van der Waals surface area contributed by atoms with Crippen molar-refractivity contribution in [1.29, 1.82) is 0 Å². The molecule has 1 aromatic carbocycles. The van der Waals surface area contributed by atoms with E-state index in [2.05, 4.69) is 17.1 Å². The number of likely N-dealkylation sites (N-methyl/N-ethyl adjacent to an activating group) is 1. The molecule has 0 aliphatic carbocycles. The summed E-state index contributed by atoms with van der Waals surface area (Å²) in [6.07, 6.45) is 0.844. The monoisotopic (exact) mass is 275 g/mol. The maximum atomic E-state index is 12.1. The van der Waals surface area contributed by atoms with Gasteiger partial charge in [-0.15, -0.1) is 11.3 Å². The smallest absolute Gasteiger partial charge is 0.273 e. The molecule has 19 heavy (non-hydrogen) atoms. The minimum absolute atomic E-state index is 0.0492. The first-order valence-corrected chi connectivity index (χ1v) is 7.02. The van der Waals surface area contributed by atoms with Crippen molar-refractivity contribution in [2.45, 2.75) is 13.0 Å². The lowest BCUT2D eigenvalue weighted by molar-refractivity contribution is 0.0791. The molecule has 1 amide bonds. The molecule has 2 rings (SSSR count). The van der Waals surface area contributed by atoms with Crippen LogP contribution >= 0.6 is 11.3 Å². The number of benzene rings is 1. The van der Waals surface area contributed by atoms with Gasteiger partial charge in [0.1, 0.15) is 10.7 Å². The quantitative estimate of drug-likeness (QED) is 0.907. The zero-order chi connectivity index (χ0) is 13.7. The van der Waals surface area contributed by atoms with E-state index in [1.165, 1.54) is 16.9 Å². The van der Waals surface area contributed by atoms with Crippen molar-refractivity contribution in [2.75, 3.05) is 13.6 Å². The van der Waals surface area contributed by atoms with Crippen LogP contribution < -0.4 is 5.73 Å². The van der Waals surface area contributed by atoms with Gasteiger partial charge in [0.25, 0.3) is 5.91 Å². The van der Waals surface area contributed by atoms with Gasteiger partial charge >= 0.3 is 0 Å². The summed E-state index contributed by atoms with van der Waals surface area (Å²) in [7, 11) is 1.80. The summed E-state index contributed by atoms with van der Waals surface area (Å²) < 4.78 is 0. The molecule has 0 saturated carbocycles. The molecule has 0 saturated heterocycles. The molecule has 2 aromatic rings. The molecule has 100 valence electrons. The van der Waals surface area contributed by atoms with Gasteiger partial charge in [-0.05, 0) is 12.0 Å². The highest BCUT2D eigenvalue weighted by Crippen LogP contribution is 2.11. The molecule has 0 bridgehead atoms. The molecule has 4 nitrogen and oxygen atoms in total. The molecule has 5 heteroatoms. The number of aromatic nitrogens is 1. The van der Waals surface area contributed by atoms with E-state index in [4.69, 9.17) is 5.73 Å². The number of thiazole rings is 1. The summed E-state index contributed by atoms with van der Waals surface area (Å²) >= 11 is 1.43. The first-order chi connectivity index (χ1) is 9.20. The largest absolute Gasteiger partial charge is 0.340 e. The lowest BCUT2D eigenvalue weighted by Crippen LogP contribution is -2.29. The van der Waals surface area contributed by atoms with E-state index < -0.39 is 0 Å². The zero-order valence-corrected chi connectivity index (χ0v) is 11.7. The van der Waals surface area contributed by atoms with Crippen LogP contribution in [0.4, 0.5) is 0 Å². The van der Waals surface area contributed by atoms with Crippen molar-refractivity contribution in [3.63, 3.8) is 0 Å². The first-order valence-electron chi connectivity index (χ1n) is 6.14. The Bertz CT molecular complexity index is 539. The first kappa shape index (κ1) is 13.7. The van der Waals surface area contributed by atoms with Crippen LogP contribution in [-0.4, -0.2) is 29.4 Å². The van der Waals surface area contributed by atoms with Crippen molar-refractivity contribution < 1.29 is 4.79 Å². The SMILES string of the molecule is CN(CCc1ccccc1)C(=O)c1csc(CN)n1. The van der Waals surface area contributed by atoms with E-state index in [-0.39, 0.29) is 5.91 Å². The Morgan fingerprint density at radius 2 is 2.11 bits per heavy atom. The van der Waals surface area contributed by atoms with Crippen LogP contribution in [0.15, 0.2) is 35.7 Å². The third-order valence-corrected chi connectivity index (χ3v) is 3.74. The number of nitrogens with two attached hydrogens (primary N) is 1. The molecule has 0 atom stereocenters. The zero-order valence-electron chi connectivity index (χ0n) is 10.9. The molecule has 1 aromatic heterocycles. The van der Waals surface area contributed by atoms with Gasteiger partial charge < -0.3 is 10.6 Å². The third kappa shape index (κ3) is 3.62. The summed E-state index contributed by atoms with van der Waals surface area (Å²) in [5.74, 6) is -0.0492. The fraction of sp³-hybridized carbons (Fsp3) is 0.286. The Kier molecular flexibility index (Phi) is 4.65. The van der Waals surface area contributed by atoms with E-state index in [9.17, 15) is 4.79 Å². The standard InChI is InChI=1S/C14H17N3OS/c1-17(8-7-11-5-3-2-4-6-11)14(18)12-10-19-13(9-15)16-12/h2-6,10H,7-9,15H2,1H3.